The number of benzene rings is 2. The highest BCUT2D eigenvalue weighted by Gasteiger charge is 2.32. The average Bonchev–Trinajstić information content (AvgIpc) is 3.40. The highest BCUT2D eigenvalue weighted by molar-refractivity contribution is 7.09. The smallest absolute Gasteiger partial charge is 0.389 e. The number of aliphatic hydroxyl groups excluding tert-OH is 1. The van der Waals surface area contributed by atoms with E-state index >= 15 is 0 Å². The molecule has 4 rings (SSSR count). The van der Waals surface area contributed by atoms with Crippen LogP contribution in [-0.4, -0.2) is 64.6 Å². The molecular weight excluding hydrogens is 579 g/mol. The molecule has 0 fully saturated rings. The van der Waals surface area contributed by atoms with Crippen molar-refractivity contribution in [3.05, 3.63) is 111 Å². The van der Waals surface area contributed by atoms with Gasteiger partial charge in [-0.1, -0.05) is 36.4 Å². The van der Waals surface area contributed by atoms with Gasteiger partial charge < -0.3 is 20.2 Å². The van der Waals surface area contributed by atoms with Gasteiger partial charge in [-0.15, -0.1) is 11.3 Å². The van der Waals surface area contributed by atoms with Crippen molar-refractivity contribution in [2.75, 3.05) is 25.5 Å². The lowest BCUT2D eigenvalue weighted by Crippen LogP contribution is -2.49. The Balaban J connectivity index is 1.48. The standard InChI is InChI=1S/C31H32F3N5O3S/c1-20-19-43-28(36-20)18-39(3)30(42)23-11-7-10-22(15-23)29(41)37-25(14-21-8-5-4-6-9-21)26(40)17-38(2)24-12-13-27(35-16-24)31(32,33)34/h4-13,15-16,19,25-26,40H,14,17-18H2,1-3H3,(H,37,41)/t25-,26+/m0/s1. The number of aliphatic hydroxyl groups is 1. The van der Waals surface area contributed by atoms with E-state index in [1.807, 2.05) is 42.6 Å². The third-order valence-corrected chi connectivity index (χ3v) is 7.73. The number of nitrogens with one attached hydrogen (secondary N) is 1. The Hall–Kier alpha value is -4.29. The number of hydrogen-bond donors (Lipinski definition) is 2. The number of likely N-dealkylation sites (N-methyl/N-ethyl adjacent to an activating group) is 1. The minimum Gasteiger partial charge on any atom is -0.389 e. The number of anilines is 1. The van der Waals surface area contributed by atoms with E-state index in [0.29, 0.717) is 24.2 Å². The number of carbonyl (C=O) groups excluding carboxylic acids is 2. The van der Waals surface area contributed by atoms with Crippen molar-refractivity contribution in [2.45, 2.75) is 38.2 Å². The van der Waals surface area contributed by atoms with Gasteiger partial charge in [-0.05, 0) is 49.2 Å². The van der Waals surface area contributed by atoms with Crippen molar-refractivity contribution in [1.29, 1.82) is 0 Å². The summed E-state index contributed by atoms with van der Waals surface area (Å²) in [6.07, 6.45) is -4.27. The molecule has 0 unspecified atom stereocenters. The fourth-order valence-corrected chi connectivity index (χ4v) is 5.28. The summed E-state index contributed by atoms with van der Waals surface area (Å²) in [6.45, 7) is 2.22. The normalized spacial score (nSPS) is 12.8. The minimum atomic E-state index is -4.56. The van der Waals surface area contributed by atoms with Crippen LogP contribution >= 0.6 is 11.3 Å². The van der Waals surface area contributed by atoms with Crippen molar-refractivity contribution in [3.63, 3.8) is 0 Å². The number of carbonyl (C=O) groups is 2. The first kappa shape index (κ1) is 31.6. The molecular formula is C31H32F3N5O3S. The molecule has 0 saturated heterocycles. The molecule has 2 N–H and O–H groups in total. The molecule has 2 amide bonds. The van der Waals surface area contributed by atoms with Crippen LogP contribution in [0.4, 0.5) is 18.9 Å². The number of alkyl halides is 3. The number of aromatic nitrogens is 2. The second-order valence-electron chi connectivity index (χ2n) is 10.2. The summed E-state index contributed by atoms with van der Waals surface area (Å²) in [5, 5.41) is 16.8. The van der Waals surface area contributed by atoms with Gasteiger partial charge in [-0.25, -0.2) is 9.97 Å². The molecule has 4 aromatic rings. The lowest BCUT2D eigenvalue weighted by molar-refractivity contribution is -0.141. The largest absolute Gasteiger partial charge is 0.433 e. The van der Waals surface area contributed by atoms with Crippen molar-refractivity contribution >= 4 is 28.8 Å². The van der Waals surface area contributed by atoms with E-state index in [0.717, 1.165) is 28.5 Å². The summed E-state index contributed by atoms with van der Waals surface area (Å²) in [4.78, 5) is 37.5. The average molecular weight is 612 g/mol. The van der Waals surface area contributed by atoms with E-state index in [-0.39, 0.29) is 18.0 Å². The maximum atomic E-state index is 13.4. The maximum absolute atomic E-state index is 13.4. The molecule has 2 aromatic carbocycles. The Labute approximate surface area is 251 Å². The van der Waals surface area contributed by atoms with Gasteiger partial charge in [0.05, 0.1) is 30.6 Å². The van der Waals surface area contributed by atoms with Crippen molar-refractivity contribution in [3.8, 4) is 0 Å². The van der Waals surface area contributed by atoms with Gasteiger partial charge in [-0.3, -0.25) is 9.59 Å². The van der Waals surface area contributed by atoms with Gasteiger partial charge >= 0.3 is 6.18 Å². The van der Waals surface area contributed by atoms with E-state index in [9.17, 15) is 27.9 Å². The zero-order chi connectivity index (χ0) is 31.1. The van der Waals surface area contributed by atoms with E-state index in [1.54, 1.807) is 37.2 Å². The molecule has 12 heteroatoms. The van der Waals surface area contributed by atoms with Crippen LogP contribution in [0.15, 0.2) is 78.3 Å². The lowest BCUT2D eigenvalue weighted by Gasteiger charge is -2.29. The fourth-order valence-electron chi connectivity index (χ4n) is 4.46. The summed E-state index contributed by atoms with van der Waals surface area (Å²) in [6, 6.07) is 17.0. The van der Waals surface area contributed by atoms with Gasteiger partial charge in [0.1, 0.15) is 10.7 Å². The quantitative estimate of drug-likeness (QED) is 0.249. The Kier molecular flexibility index (Phi) is 10.1. The first-order valence-corrected chi connectivity index (χ1v) is 14.3. The Morgan fingerprint density at radius 1 is 1.02 bits per heavy atom. The highest BCUT2D eigenvalue weighted by atomic mass is 32.1. The number of aryl methyl sites for hydroxylation is 1. The zero-order valence-electron chi connectivity index (χ0n) is 23.9. The molecule has 0 aliphatic rings. The summed E-state index contributed by atoms with van der Waals surface area (Å²) < 4.78 is 38.8. The van der Waals surface area contributed by atoms with Gasteiger partial charge in [0, 0.05) is 42.8 Å². The molecule has 2 atom stereocenters. The monoisotopic (exact) mass is 611 g/mol. The molecule has 0 spiro atoms. The van der Waals surface area contributed by atoms with Crippen LogP contribution in [0.2, 0.25) is 0 Å². The predicted molar refractivity (Wildman–Crippen MR) is 159 cm³/mol. The molecule has 0 saturated carbocycles. The van der Waals surface area contributed by atoms with E-state index in [1.165, 1.54) is 28.4 Å². The van der Waals surface area contributed by atoms with Gasteiger partial charge in [0.25, 0.3) is 11.8 Å². The summed E-state index contributed by atoms with van der Waals surface area (Å²) in [5.74, 6) is -0.748. The van der Waals surface area contributed by atoms with Crippen molar-refractivity contribution in [1.82, 2.24) is 20.2 Å². The fraction of sp³-hybridized carbons (Fsp3) is 0.290. The van der Waals surface area contributed by atoms with Crippen LogP contribution in [0.1, 0.15) is 42.7 Å². The molecule has 0 aliphatic carbocycles. The minimum absolute atomic E-state index is 0.00434. The molecule has 2 aromatic heterocycles. The van der Waals surface area contributed by atoms with Crippen molar-refractivity contribution < 1.29 is 27.9 Å². The Morgan fingerprint density at radius 3 is 2.37 bits per heavy atom. The third-order valence-electron chi connectivity index (χ3n) is 6.78. The van der Waals surface area contributed by atoms with E-state index in [2.05, 4.69) is 15.3 Å². The van der Waals surface area contributed by atoms with Crippen LogP contribution in [0, 0.1) is 6.92 Å². The van der Waals surface area contributed by atoms with Crippen LogP contribution in [0.3, 0.4) is 0 Å². The van der Waals surface area contributed by atoms with Crippen LogP contribution in [0.5, 0.6) is 0 Å². The molecule has 226 valence electrons. The van der Waals surface area contributed by atoms with Crippen LogP contribution in [-0.2, 0) is 19.1 Å². The van der Waals surface area contributed by atoms with Crippen LogP contribution in [0.25, 0.3) is 0 Å². The summed E-state index contributed by atoms with van der Waals surface area (Å²) >= 11 is 1.47. The first-order valence-electron chi connectivity index (χ1n) is 13.4. The van der Waals surface area contributed by atoms with E-state index < -0.39 is 29.9 Å². The summed E-state index contributed by atoms with van der Waals surface area (Å²) in [7, 11) is 3.29. The number of pyridine rings is 1. The number of nitrogens with zero attached hydrogens (tertiary/aromatic N) is 4. The van der Waals surface area contributed by atoms with Gasteiger partial charge in [-0.2, -0.15) is 13.2 Å². The van der Waals surface area contributed by atoms with E-state index in [4.69, 9.17) is 0 Å². The first-order chi connectivity index (χ1) is 20.4. The number of halogens is 3. The molecule has 0 aliphatic heterocycles. The zero-order valence-corrected chi connectivity index (χ0v) is 24.7. The van der Waals surface area contributed by atoms with Crippen LogP contribution < -0.4 is 10.2 Å². The molecule has 43 heavy (non-hydrogen) atoms. The Morgan fingerprint density at radius 2 is 1.74 bits per heavy atom. The van der Waals surface area contributed by atoms with Gasteiger partial charge in [0.15, 0.2) is 0 Å². The van der Waals surface area contributed by atoms with Gasteiger partial charge in [0.2, 0.25) is 0 Å². The summed E-state index contributed by atoms with van der Waals surface area (Å²) in [5.41, 5.74) is 1.69. The SMILES string of the molecule is Cc1csc(CN(C)C(=O)c2cccc(C(=O)N[C@@H](Cc3ccccc3)[C@H](O)CN(C)c3ccc(C(F)(F)F)nc3)c2)n1. The highest BCUT2D eigenvalue weighted by Crippen LogP contribution is 2.28. The molecule has 0 bridgehead atoms. The number of hydrogen-bond acceptors (Lipinski definition) is 7. The topological polar surface area (TPSA) is 98.7 Å². The number of amides is 2. The van der Waals surface area contributed by atoms with Crippen molar-refractivity contribution in [2.24, 2.45) is 0 Å². The Bertz CT molecular complexity index is 1530. The number of thiazole rings is 1. The number of rotatable bonds is 11. The molecule has 2 heterocycles. The third kappa shape index (κ3) is 8.62. The lowest BCUT2D eigenvalue weighted by atomic mass is 9.99. The maximum Gasteiger partial charge on any atom is 0.433 e. The second kappa shape index (κ2) is 13.8. The second-order valence-corrected chi connectivity index (χ2v) is 11.2. The predicted octanol–water partition coefficient (Wildman–Crippen LogP) is 4.98. The molecule has 0 radical (unpaired) electrons. The molecule has 8 nitrogen and oxygen atoms in total.